The Labute approximate surface area is 127 Å². The van der Waals surface area contributed by atoms with E-state index in [0.717, 1.165) is 12.8 Å². The van der Waals surface area contributed by atoms with Gasteiger partial charge >= 0.3 is 0 Å². The number of rotatable bonds is 3. The molecule has 2 aliphatic rings. The highest BCUT2D eigenvalue weighted by Crippen LogP contribution is 2.34. The van der Waals surface area contributed by atoms with Crippen molar-refractivity contribution in [2.24, 2.45) is 0 Å². The molecule has 1 saturated carbocycles. The van der Waals surface area contributed by atoms with Crippen LogP contribution >= 0.6 is 0 Å². The first-order chi connectivity index (χ1) is 10.1. The smallest absolute Gasteiger partial charge is 0.241 e. The highest BCUT2D eigenvalue weighted by Gasteiger charge is 2.41. The van der Waals surface area contributed by atoms with Crippen molar-refractivity contribution in [1.82, 2.24) is 10.2 Å². The summed E-state index contributed by atoms with van der Waals surface area (Å²) in [7, 11) is 0. The Balaban J connectivity index is 1.86. The summed E-state index contributed by atoms with van der Waals surface area (Å²) in [5.74, 6) is 0.807. The third-order valence-corrected chi connectivity index (χ3v) is 4.95. The van der Waals surface area contributed by atoms with E-state index in [-0.39, 0.29) is 18.1 Å². The number of benzene rings is 1. The van der Waals surface area contributed by atoms with E-state index in [9.17, 15) is 4.79 Å². The zero-order chi connectivity index (χ0) is 15.0. The van der Waals surface area contributed by atoms with Crippen LogP contribution in [0.5, 0.6) is 0 Å². The lowest BCUT2D eigenvalue weighted by Crippen LogP contribution is -2.38. The molecule has 0 radical (unpaired) electrons. The van der Waals surface area contributed by atoms with E-state index in [0.29, 0.717) is 12.0 Å². The first kappa shape index (κ1) is 14.6. The van der Waals surface area contributed by atoms with Gasteiger partial charge in [0.25, 0.3) is 0 Å². The minimum Gasteiger partial charge on any atom is -0.319 e. The van der Waals surface area contributed by atoms with Crippen LogP contribution in [0.3, 0.4) is 0 Å². The molecule has 2 unspecified atom stereocenters. The van der Waals surface area contributed by atoms with Gasteiger partial charge in [0.2, 0.25) is 5.91 Å². The molecular formula is C18H26N2O. The zero-order valence-corrected chi connectivity index (χ0v) is 13.3. The van der Waals surface area contributed by atoms with Gasteiger partial charge in [-0.15, -0.1) is 0 Å². The molecule has 1 aliphatic carbocycles. The second-order valence-electron chi connectivity index (χ2n) is 6.80. The fourth-order valence-corrected chi connectivity index (χ4v) is 3.63. The van der Waals surface area contributed by atoms with Gasteiger partial charge < -0.3 is 4.90 Å². The van der Waals surface area contributed by atoms with Gasteiger partial charge in [-0.05, 0) is 36.8 Å². The van der Waals surface area contributed by atoms with Crippen LogP contribution in [0.1, 0.15) is 69.7 Å². The van der Waals surface area contributed by atoms with Gasteiger partial charge in [0.05, 0.1) is 6.04 Å². The molecule has 2 fully saturated rings. The van der Waals surface area contributed by atoms with Crippen molar-refractivity contribution in [3.05, 3.63) is 35.4 Å². The lowest BCUT2D eigenvalue weighted by atomic mass is 10.0. The largest absolute Gasteiger partial charge is 0.319 e. The van der Waals surface area contributed by atoms with E-state index in [1.165, 1.54) is 24.0 Å². The Morgan fingerprint density at radius 3 is 2.33 bits per heavy atom. The minimum atomic E-state index is -0.0691. The van der Waals surface area contributed by atoms with Crippen LogP contribution in [0.4, 0.5) is 0 Å². The second-order valence-corrected chi connectivity index (χ2v) is 6.80. The summed E-state index contributed by atoms with van der Waals surface area (Å²) in [6.45, 7) is 6.39. The molecule has 21 heavy (non-hydrogen) atoms. The normalized spacial score (nSPS) is 27.0. The first-order valence-corrected chi connectivity index (χ1v) is 8.26. The monoisotopic (exact) mass is 286 g/mol. The van der Waals surface area contributed by atoms with Gasteiger partial charge in [0.15, 0.2) is 0 Å². The van der Waals surface area contributed by atoms with Crippen molar-refractivity contribution < 1.29 is 4.79 Å². The van der Waals surface area contributed by atoms with Crippen molar-refractivity contribution in [2.75, 3.05) is 0 Å². The average molecular weight is 286 g/mol. The number of hydrogen-bond donors (Lipinski definition) is 1. The third kappa shape index (κ3) is 2.71. The van der Waals surface area contributed by atoms with Gasteiger partial charge in [-0.25, -0.2) is 0 Å². The maximum atomic E-state index is 12.5. The van der Waals surface area contributed by atoms with E-state index in [2.05, 4.69) is 48.3 Å². The molecule has 0 spiro atoms. The topological polar surface area (TPSA) is 32.3 Å². The molecule has 0 aromatic heterocycles. The molecule has 3 rings (SSSR count). The second kappa shape index (κ2) is 5.80. The molecule has 1 heterocycles. The molecule has 1 amide bonds. The minimum absolute atomic E-state index is 0.0526. The van der Waals surface area contributed by atoms with Crippen molar-refractivity contribution in [3.63, 3.8) is 0 Å². The van der Waals surface area contributed by atoms with Crippen LogP contribution < -0.4 is 5.32 Å². The summed E-state index contributed by atoms with van der Waals surface area (Å²) in [6.07, 6.45) is 4.86. The Morgan fingerprint density at radius 2 is 1.76 bits per heavy atom. The molecule has 1 aromatic rings. The molecule has 1 saturated heterocycles. The van der Waals surface area contributed by atoms with E-state index in [4.69, 9.17) is 0 Å². The van der Waals surface area contributed by atoms with E-state index in [1.54, 1.807) is 0 Å². The quantitative estimate of drug-likeness (QED) is 0.921. The van der Waals surface area contributed by atoms with Crippen molar-refractivity contribution in [1.29, 1.82) is 0 Å². The SMILES string of the molecule is CC1NC(c2ccc(C(C)C)cc2)N(C2CCCC2)C1=O. The van der Waals surface area contributed by atoms with Gasteiger partial charge in [-0.1, -0.05) is 51.0 Å². The Morgan fingerprint density at radius 1 is 1.14 bits per heavy atom. The van der Waals surface area contributed by atoms with Crippen LogP contribution in [0, 0.1) is 0 Å². The summed E-state index contributed by atoms with van der Waals surface area (Å²) in [5.41, 5.74) is 2.56. The Hall–Kier alpha value is -1.35. The van der Waals surface area contributed by atoms with Gasteiger partial charge in [0, 0.05) is 6.04 Å². The summed E-state index contributed by atoms with van der Waals surface area (Å²) in [6, 6.07) is 9.11. The lowest BCUT2D eigenvalue weighted by Gasteiger charge is -2.30. The predicted molar refractivity (Wildman–Crippen MR) is 85.0 cm³/mol. The number of nitrogens with one attached hydrogen (secondary N) is 1. The molecule has 1 N–H and O–H groups in total. The fourth-order valence-electron chi connectivity index (χ4n) is 3.63. The summed E-state index contributed by atoms with van der Waals surface area (Å²) in [4.78, 5) is 14.6. The van der Waals surface area contributed by atoms with Crippen LogP contribution in [-0.2, 0) is 4.79 Å². The molecular weight excluding hydrogens is 260 g/mol. The predicted octanol–water partition coefficient (Wildman–Crippen LogP) is 3.57. The molecule has 3 nitrogen and oxygen atoms in total. The van der Waals surface area contributed by atoms with Crippen molar-refractivity contribution in [3.8, 4) is 0 Å². The number of amides is 1. The maximum absolute atomic E-state index is 12.5. The van der Waals surface area contributed by atoms with Crippen LogP contribution in [0.2, 0.25) is 0 Å². The first-order valence-electron chi connectivity index (χ1n) is 8.26. The van der Waals surface area contributed by atoms with Gasteiger partial charge in [0.1, 0.15) is 6.17 Å². The highest BCUT2D eigenvalue weighted by atomic mass is 16.2. The highest BCUT2D eigenvalue weighted by molar-refractivity contribution is 5.84. The molecule has 2 atom stereocenters. The number of nitrogens with zero attached hydrogens (tertiary/aromatic N) is 1. The fraction of sp³-hybridized carbons (Fsp3) is 0.611. The maximum Gasteiger partial charge on any atom is 0.241 e. The molecule has 1 aromatic carbocycles. The Bertz CT molecular complexity index is 502. The van der Waals surface area contributed by atoms with Crippen LogP contribution in [0.25, 0.3) is 0 Å². The summed E-state index contributed by atoms with van der Waals surface area (Å²) >= 11 is 0. The zero-order valence-electron chi connectivity index (χ0n) is 13.3. The number of carbonyl (C=O) groups excluding carboxylic acids is 1. The van der Waals surface area contributed by atoms with Crippen molar-refractivity contribution in [2.45, 2.75) is 70.6 Å². The molecule has 3 heteroatoms. The molecule has 0 bridgehead atoms. The van der Waals surface area contributed by atoms with Crippen LogP contribution in [0.15, 0.2) is 24.3 Å². The van der Waals surface area contributed by atoms with E-state index < -0.39 is 0 Å². The van der Waals surface area contributed by atoms with Crippen LogP contribution in [-0.4, -0.2) is 22.9 Å². The number of hydrogen-bond acceptors (Lipinski definition) is 2. The third-order valence-electron chi connectivity index (χ3n) is 4.95. The van der Waals surface area contributed by atoms with Gasteiger partial charge in [-0.3, -0.25) is 10.1 Å². The van der Waals surface area contributed by atoms with Gasteiger partial charge in [-0.2, -0.15) is 0 Å². The molecule has 114 valence electrons. The van der Waals surface area contributed by atoms with Crippen molar-refractivity contribution >= 4 is 5.91 Å². The lowest BCUT2D eigenvalue weighted by molar-refractivity contribution is -0.132. The summed E-state index contributed by atoms with van der Waals surface area (Å²) in [5, 5.41) is 3.47. The molecule has 1 aliphatic heterocycles. The average Bonchev–Trinajstić information content (AvgIpc) is 3.08. The Kier molecular flexibility index (Phi) is 4.03. The summed E-state index contributed by atoms with van der Waals surface area (Å²) < 4.78 is 0. The number of carbonyl (C=O) groups is 1. The standard InChI is InChI=1S/C18H26N2O/c1-12(2)14-8-10-15(11-9-14)17-19-13(3)18(21)20(17)16-6-4-5-7-16/h8-13,16-17,19H,4-7H2,1-3H3. The van der Waals surface area contributed by atoms with E-state index >= 15 is 0 Å². The van der Waals surface area contributed by atoms with E-state index in [1.807, 2.05) is 6.92 Å².